The number of urea groups is 1. The van der Waals surface area contributed by atoms with Crippen LogP contribution in [0.5, 0.6) is 0 Å². The zero-order valence-electron chi connectivity index (χ0n) is 10.8. The fraction of sp³-hybridized carbons (Fsp3) is 0.385. The average Bonchev–Trinajstić information content (AvgIpc) is 2.88. The van der Waals surface area contributed by atoms with Crippen molar-refractivity contribution >= 4 is 12.0 Å². The lowest BCUT2D eigenvalue weighted by atomic mass is 9.99. The molecule has 0 aliphatic carbocycles. The number of aliphatic carboxylic acids is 1. The Bertz CT molecular complexity index is 498. The van der Waals surface area contributed by atoms with Gasteiger partial charge in [0.2, 0.25) is 0 Å². The molecule has 6 heteroatoms. The number of amides is 2. The third-order valence-corrected chi connectivity index (χ3v) is 2.52. The van der Waals surface area contributed by atoms with E-state index < -0.39 is 17.5 Å². The van der Waals surface area contributed by atoms with E-state index in [2.05, 4.69) is 22.5 Å². The quantitative estimate of drug-likeness (QED) is 0.552. The van der Waals surface area contributed by atoms with Crippen molar-refractivity contribution in [1.29, 1.82) is 0 Å². The number of carboxylic acid groups (broad SMARTS) is 1. The fourth-order valence-electron chi connectivity index (χ4n) is 1.42. The van der Waals surface area contributed by atoms with Gasteiger partial charge < -0.3 is 20.2 Å². The van der Waals surface area contributed by atoms with Gasteiger partial charge in [0.1, 0.15) is 5.76 Å². The zero-order chi connectivity index (χ0) is 14.3. The molecule has 0 saturated heterocycles. The van der Waals surface area contributed by atoms with Gasteiger partial charge in [0.25, 0.3) is 0 Å². The van der Waals surface area contributed by atoms with Crippen molar-refractivity contribution in [3.05, 3.63) is 24.2 Å². The lowest BCUT2D eigenvalue weighted by Gasteiger charge is -2.23. The topological polar surface area (TPSA) is 91.6 Å². The molecule has 0 radical (unpaired) electrons. The van der Waals surface area contributed by atoms with Crippen molar-refractivity contribution in [2.45, 2.75) is 25.8 Å². The minimum atomic E-state index is -1.61. The molecular weight excluding hydrogens is 248 g/mol. The van der Waals surface area contributed by atoms with Gasteiger partial charge in [-0.05, 0) is 26.0 Å². The maximum Gasteiger partial charge on any atom is 0.337 e. The van der Waals surface area contributed by atoms with E-state index in [0.29, 0.717) is 13.0 Å². The second kappa shape index (κ2) is 6.50. The molecule has 3 N–H and O–H groups in total. The highest BCUT2D eigenvalue weighted by Gasteiger charge is 2.39. The minimum absolute atomic E-state index is 0.156. The second-order valence-corrected chi connectivity index (χ2v) is 3.97. The van der Waals surface area contributed by atoms with Gasteiger partial charge in [-0.3, -0.25) is 0 Å². The summed E-state index contributed by atoms with van der Waals surface area (Å²) in [6, 6.07) is 2.48. The third kappa shape index (κ3) is 3.78. The van der Waals surface area contributed by atoms with Crippen molar-refractivity contribution in [3.8, 4) is 11.8 Å². The normalized spacial score (nSPS) is 12.7. The molecule has 1 rings (SSSR count). The highest BCUT2D eigenvalue weighted by atomic mass is 16.4. The van der Waals surface area contributed by atoms with Crippen molar-refractivity contribution in [3.63, 3.8) is 0 Å². The van der Waals surface area contributed by atoms with Gasteiger partial charge in [0, 0.05) is 13.0 Å². The van der Waals surface area contributed by atoms with E-state index >= 15 is 0 Å². The summed E-state index contributed by atoms with van der Waals surface area (Å²) in [5, 5.41) is 14.2. The van der Waals surface area contributed by atoms with Crippen LogP contribution in [0.4, 0.5) is 4.79 Å². The number of hydrogen-bond donors (Lipinski definition) is 3. The van der Waals surface area contributed by atoms with Gasteiger partial charge in [-0.15, -0.1) is 11.8 Å². The number of nitrogens with one attached hydrogen (secondary N) is 2. The van der Waals surface area contributed by atoms with Gasteiger partial charge in [-0.2, -0.15) is 0 Å². The number of furan rings is 1. The Morgan fingerprint density at radius 3 is 2.79 bits per heavy atom. The molecule has 0 fully saturated rings. The van der Waals surface area contributed by atoms with E-state index in [-0.39, 0.29) is 5.76 Å². The second-order valence-electron chi connectivity index (χ2n) is 3.97. The minimum Gasteiger partial charge on any atom is -0.479 e. The Labute approximate surface area is 111 Å². The SMILES string of the molecule is CC#CCCNC(=O)NC(C)(C(=O)O)c1ccco1. The number of rotatable bonds is 5. The molecule has 6 nitrogen and oxygen atoms in total. The Morgan fingerprint density at radius 2 is 2.26 bits per heavy atom. The monoisotopic (exact) mass is 264 g/mol. The summed E-state index contributed by atoms with van der Waals surface area (Å²) in [5.41, 5.74) is -1.61. The number of carboxylic acids is 1. The Balaban J connectivity index is 2.66. The first-order valence-electron chi connectivity index (χ1n) is 5.73. The van der Waals surface area contributed by atoms with Crippen molar-refractivity contribution in [1.82, 2.24) is 10.6 Å². The Morgan fingerprint density at radius 1 is 1.53 bits per heavy atom. The average molecular weight is 264 g/mol. The molecule has 1 atom stereocenters. The van der Waals surface area contributed by atoms with Crippen molar-refractivity contribution in [2.24, 2.45) is 0 Å². The molecule has 1 aromatic rings. The maximum atomic E-state index is 11.6. The van der Waals surface area contributed by atoms with Gasteiger partial charge >= 0.3 is 12.0 Å². The molecule has 19 heavy (non-hydrogen) atoms. The molecule has 2 amide bonds. The van der Waals surface area contributed by atoms with Crippen LogP contribution in [0.3, 0.4) is 0 Å². The van der Waals surface area contributed by atoms with Crippen LogP contribution in [-0.2, 0) is 10.3 Å². The van der Waals surface area contributed by atoms with Crippen LogP contribution in [0.2, 0.25) is 0 Å². The molecule has 1 heterocycles. The summed E-state index contributed by atoms with van der Waals surface area (Å²) in [6.07, 6.45) is 1.86. The summed E-state index contributed by atoms with van der Waals surface area (Å²) in [7, 11) is 0. The van der Waals surface area contributed by atoms with Gasteiger partial charge in [-0.1, -0.05) is 0 Å². The molecule has 0 aromatic carbocycles. The van der Waals surface area contributed by atoms with E-state index in [4.69, 9.17) is 4.42 Å². The molecular formula is C13H16N2O4. The van der Waals surface area contributed by atoms with E-state index in [1.807, 2.05) is 0 Å². The molecule has 0 aliphatic heterocycles. The molecule has 0 bridgehead atoms. The summed E-state index contributed by atoms with van der Waals surface area (Å²) in [6.45, 7) is 3.42. The smallest absolute Gasteiger partial charge is 0.337 e. The number of carbonyl (C=O) groups is 2. The summed E-state index contributed by atoms with van der Waals surface area (Å²) in [5.74, 6) is 4.44. The van der Waals surface area contributed by atoms with Crippen LogP contribution < -0.4 is 10.6 Å². The van der Waals surface area contributed by atoms with Gasteiger partial charge in [-0.25, -0.2) is 9.59 Å². The zero-order valence-corrected chi connectivity index (χ0v) is 10.8. The van der Waals surface area contributed by atoms with E-state index in [1.165, 1.54) is 19.3 Å². The largest absolute Gasteiger partial charge is 0.479 e. The Hall–Kier alpha value is -2.42. The first-order chi connectivity index (χ1) is 9.00. The first-order valence-corrected chi connectivity index (χ1v) is 5.73. The number of hydrogen-bond acceptors (Lipinski definition) is 3. The van der Waals surface area contributed by atoms with Crippen LogP contribution in [0.25, 0.3) is 0 Å². The molecule has 1 unspecified atom stereocenters. The van der Waals surface area contributed by atoms with E-state index in [1.54, 1.807) is 13.0 Å². The fourth-order valence-corrected chi connectivity index (χ4v) is 1.42. The maximum absolute atomic E-state index is 11.6. The molecule has 0 aliphatic rings. The Kier molecular flexibility index (Phi) is 5.01. The van der Waals surface area contributed by atoms with Crippen LogP contribution in [0.15, 0.2) is 22.8 Å². The summed E-state index contributed by atoms with van der Waals surface area (Å²) in [4.78, 5) is 23.0. The molecule has 0 spiro atoms. The van der Waals surface area contributed by atoms with Crippen molar-refractivity contribution < 1.29 is 19.1 Å². The van der Waals surface area contributed by atoms with Crippen molar-refractivity contribution in [2.75, 3.05) is 6.54 Å². The molecule has 0 saturated carbocycles. The van der Waals surface area contributed by atoms with Crippen LogP contribution in [0, 0.1) is 11.8 Å². The van der Waals surface area contributed by atoms with Crippen LogP contribution in [0.1, 0.15) is 26.0 Å². The summed E-state index contributed by atoms with van der Waals surface area (Å²) < 4.78 is 5.06. The number of carbonyl (C=O) groups excluding carboxylic acids is 1. The predicted octanol–water partition coefficient (Wildman–Crippen LogP) is 1.29. The highest BCUT2D eigenvalue weighted by molar-refractivity contribution is 5.86. The highest BCUT2D eigenvalue weighted by Crippen LogP contribution is 2.21. The lowest BCUT2D eigenvalue weighted by Crippen LogP contribution is -2.52. The van der Waals surface area contributed by atoms with Crippen LogP contribution >= 0.6 is 0 Å². The first kappa shape index (κ1) is 14.6. The summed E-state index contributed by atoms with van der Waals surface area (Å²) >= 11 is 0. The van der Waals surface area contributed by atoms with Gasteiger partial charge in [0.05, 0.1) is 6.26 Å². The van der Waals surface area contributed by atoms with Crippen LogP contribution in [-0.4, -0.2) is 23.7 Å². The van der Waals surface area contributed by atoms with E-state index in [9.17, 15) is 14.7 Å². The third-order valence-electron chi connectivity index (χ3n) is 2.52. The standard InChI is InChI=1S/C13H16N2O4/c1-3-4-5-8-14-12(18)15-13(2,11(16)17)10-7-6-9-19-10/h6-7,9H,5,8H2,1-2H3,(H,16,17)(H2,14,15,18). The van der Waals surface area contributed by atoms with Gasteiger partial charge in [0.15, 0.2) is 5.54 Å². The molecule has 102 valence electrons. The van der Waals surface area contributed by atoms with E-state index in [0.717, 1.165) is 0 Å². The predicted molar refractivity (Wildman–Crippen MR) is 68.3 cm³/mol. The molecule has 1 aromatic heterocycles. The lowest BCUT2D eigenvalue weighted by molar-refractivity contribution is -0.144.